The molecule has 6 heteroatoms. The van der Waals surface area contributed by atoms with Crippen molar-refractivity contribution in [2.24, 2.45) is 0 Å². The minimum atomic E-state index is 0.488. The van der Waals surface area contributed by atoms with E-state index in [4.69, 9.17) is 0 Å². The van der Waals surface area contributed by atoms with Crippen LogP contribution in [0.3, 0.4) is 0 Å². The number of aromatic nitrogens is 4. The van der Waals surface area contributed by atoms with Crippen molar-refractivity contribution >= 4 is 17.0 Å². The zero-order valence-electron chi connectivity index (χ0n) is 9.14. The number of H-pyrrole nitrogens is 1. The Labute approximate surface area is 93.1 Å². The molecule has 1 aliphatic rings. The van der Waals surface area contributed by atoms with E-state index in [0.717, 1.165) is 36.6 Å². The minimum Gasteiger partial charge on any atom is -0.352 e. The average Bonchev–Trinajstić information content (AvgIpc) is 2.76. The fourth-order valence-corrected chi connectivity index (χ4v) is 2.12. The van der Waals surface area contributed by atoms with Crippen LogP contribution >= 0.6 is 0 Å². The van der Waals surface area contributed by atoms with Crippen LogP contribution in [-0.2, 0) is 0 Å². The van der Waals surface area contributed by atoms with Crippen LogP contribution in [0, 0.1) is 0 Å². The molecule has 3 rings (SSSR count). The third kappa shape index (κ3) is 1.51. The fourth-order valence-electron chi connectivity index (χ4n) is 2.12. The van der Waals surface area contributed by atoms with Crippen LogP contribution in [0.5, 0.6) is 0 Å². The summed E-state index contributed by atoms with van der Waals surface area (Å²) in [5.74, 6) is 0.954. The van der Waals surface area contributed by atoms with Gasteiger partial charge in [0.25, 0.3) is 0 Å². The van der Waals surface area contributed by atoms with E-state index < -0.39 is 0 Å². The van der Waals surface area contributed by atoms with Crippen LogP contribution in [0.25, 0.3) is 11.2 Å². The van der Waals surface area contributed by atoms with Crippen LogP contribution < -0.4 is 10.2 Å². The van der Waals surface area contributed by atoms with E-state index in [1.807, 2.05) is 0 Å². The van der Waals surface area contributed by atoms with E-state index in [0.29, 0.717) is 6.04 Å². The zero-order valence-corrected chi connectivity index (χ0v) is 9.14. The maximum atomic E-state index is 4.35. The highest BCUT2D eigenvalue weighted by Crippen LogP contribution is 2.20. The molecule has 0 amide bonds. The molecule has 1 saturated heterocycles. The summed E-state index contributed by atoms with van der Waals surface area (Å²) in [7, 11) is 0. The van der Waals surface area contributed by atoms with Gasteiger partial charge in [0, 0.05) is 25.7 Å². The summed E-state index contributed by atoms with van der Waals surface area (Å²) in [5, 5.41) is 3.41. The SMILES string of the molecule is C[C@@H]1CN(c2ncnc3nc[nH]c23)CCN1. The Balaban J connectivity index is 2.01. The quantitative estimate of drug-likeness (QED) is 0.713. The molecule has 0 unspecified atom stereocenters. The van der Waals surface area contributed by atoms with Crippen LogP contribution in [0.2, 0.25) is 0 Å². The number of nitrogens with one attached hydrogen (secondary N) is 2. The van der Waals surface area contributed by atoms with Gasteiger partial charge in [-0.25, -0.2) is 15.0 Å². The molecule has 2 aromatic heterocycles. The summed E-state index contributed by atoms with van der Waals surface area (Å²) in [4.78, 5) is 18.0. The summed E-state index contributed by atoms with van der Waals surface area (Å²) in [5.41, 5.74) is 1.66. The number of hydrogen-bond donors (Lipinski definition) is 2. The summed E-state index contributed by atoms with van der Waals surface area (Å²) >= 11 is 0. The van der Waals surface area contributed by atoms with E-state index >= 15 is 0 Å². The lowest BCUT2D eigenvalue weighted by molar-refractivity contribution is 0.483. The monoisotopic (exact) mass is 218 g/mol. The molecule has 84 valence electrons. The van der Waals surface area contributed by atoms with Crippen molar-refractivity contribution in [3.63, 3.8) is 0 Å². The van der Waals surface area contributed by atoms with Crippen LogP contribution in [0.15, 0.2) is 12.7 Å². The maximum absolute atomic E-state index is 4.35. The summed E-state index contributed by atoms with van der Waals surface area (Å²) < 4.78 is 0. The maximum Gasteiger partial charge on any atom is 0.182 e. The Hall–Kier alpha value is -1.69. The third-order valence-corrected chi connectivity index (χ3v) is 2.87. The number of fused-ring (bicyclic) bond motifs is 1. The first-order chi connectivity index (χ1) is 7.84. The normalized spacial score (nSPS) is 21.6. The smallest absolute Gasteiger partial charge is 0.182 e. The first-order valence-corrected chi connectivity index (χ1v) is 5.47. The highest BCUT2D eigenvalue weighted by Gasteiger charge is 2.19. The van der Waals surface area contributed by atoms with Gasteiger partial charge < -0.3 is 15.2 Å². The first kappa shape index (κ1) is 9.53. The lowest BCUT2D eigenvalue weighted by Gasteiger charge is -2.32. The standard InChI is InChI=1S/C10H14N6/c1-7-4-16(3-2-11-7)10-8-9(13-5-12-8)14-6-15-10/h5-7,11H,2-4H2,1H3,(H,12,13,14,15)/t7-/m1/s1. The molecule has 1 aliphatic heterocycles. The molecule has 1 fully saturated rings. The van der Waals surface area contributed by atoms with Crippen molar-refractivity contribution in [3.8, 4) is 0 Å². The van der Waals surface area contributed by atoms with Crippen molar-refractivity contribution in [1.29, 1.82) is 0 Å². The Morgan fingerprint density at radius 2 is 2.31 bits per heavy atom. The molecule has 3 heterocycles. The van der Waals surface area contributed by atoms with Gasteiger partial charge in [-0.2, -0.15) is 0 Å². The van der Waals surface area contributed by atoms with Gasteiger partial charge in [0.1, 0.15) is 11.8 Å². The number of piperazine rings is 1. The minimum absolute atomic E-state index is 0.488. The van der Waals surface area contributed by atoms with Gasteiger partial charge in [0.2, 0.25) is 0 Å². The number of nitrogens with zero attached hydrogens (tertiary/aromatic N) is 4. The molecule has 6 nitrogen and oxygen atoms in total. The van der Waals surface area contributed by atoms with Crippen LogP contribution in [-0.4, -0.2) is 45.6 Å². The molecular formula is C10H14N6. The zero-order chi connectivity index (χ0) is 11.0. The molecule has 0 saturated carbocycles. The van der Waals surface area contributed by atoms with Gasteiger partial charge in [-0.3, -0.25) is 0 Å². The van der Waals surface area contributed by atoms with E-state index in [2.05, 4.69) is 37.1 Å². The van der Waals surface area contributed by atoms with Gasteiger partial charge in [-0.05, 0) is 6.92 Å². The highest BCUT2D eigenvalue weighted by molar-refractivity contribution is 5.82. The van der Waals surface area contributed by atoms with Crippen LogP contribution in [0.1, 0.15) is 6.92 Å². The average molecular weight is 218 g/mol. The predicted octanol–water partition coefficient (Wildman–Crippen LogP) is 0.151. The largest absolute Gasteiger partial charge is 0.352 e. The molecule has 1 atom stereocenters. The molecular weight excluding hydrogens is 204 g/mol. The fraction of sp³-hybridized carbons (Fsp3) is 0.500. The number of rotatable bonds is 1. The molecule has 0 aliphatic carbocycles. The Morgan fingerprint density at radius 3 is 3.19 bits per heavy atom. The first-order valence-electron chi connectivity index (χ1n) is 5.47. The topological polar surface area (TPSA) is 69.7 Å². The third-order valence-electron chi connectivity index (χ3n) is 2.87. The second kappa shape index (κ2) is 3.71. The Kier molecular flexibility index (Phi) is 2.21. The van der Waals surface area contributed by atoms with Gasteiger partial charge >= 0.3 is 0 Å². The van der Waals surface area contributed by atoms with Gasteiger partial charge in [-0.15, -0.1) is 0 Å². The van der Waals surface area contributed by atoms with Gasteiger partial charge in [0.05, 0.1) is 6.33 Å². The Bertz CT molecular complexity index is 493. The van der Waals surface area contributed by atoms with Gasteiger partial charge in [0.15, 0.2) is 11.5 Å². The number of anilines is 1. The van der Waals surface area contributed by atoms with E-state index in [-0.39, 0.29) is 0 Å². The van der Waals surface area contributed by atoms with Crippen molar-refractivity contribution in [1.82, 2.24) is 25.3 Å². The summed E-state index contributed by atoms with van der Waals surface area (Å²) in [6.45, 7) is 5.10. The second-order valence-corrected chi connectivity index (χ2v) is 4.10. The van der Waals surface area contributed by atoms with Crippen LogP contribution in [0.4, 0.5) is 5.82 Å². The number of hydrogen-bond acceptors (Lipinski definition) is 5. The lowest BCUT2D eigenvalue weighted by Crippen LogP contribution is -2.49. The molecule has 0 radical (unpaired) electrons. The number of imidazole rings is 1. The van der Waals surface area contributed by atoms with E-state index in [1.165, 1.54) is 0 Å². The molecule has 0 aromatic carbocycles. The summed E-state index contributed by atoms with van der Waals surface area (Å²) in [6.07, 6.45) is 3.24. The second-order valence-electron chi connectivity index (χ2n) is 4.10. The molecule has 16 heavy (non-hydrogen) atoms. The molecule has 2 aromatic rings. The van der Waals surface area contributed by atoms with E-state index in [9.17, 15) is 0 Å². The lowest BCUT2D eigenvalue weighted by atomic mass is 10.2. The molecule has 0 spiro atoms. The predicted molar refractivity (Wildman–Crippen MR) is 61.4 cm³/mol. The van der Waals surface area contributed by atoms with Crippen molar-refractivity contribution in [2.75, 3.05) is 24.5 Å². The Morgan fingerprint density at radius 1 is 1.38 bits per heavy atom. The van der Waals surface area contributed by atoms with Gasteiger partial charge in [-0.1, -0.05) is 0 Å². The number of aromatic amines is 1. The molecule has 0 bridgehead atoms. The van der Waals surface area contributed by atoms with Crippen molar-refractivity contribution in [2.45, 2.75) is 13.0 Å². The van der Waals surface area contributed by atoms with Crippen molar-refractivity contribution < 1.29 is 0 Å². The van der Waals surface area contributed by atoms with Crippen molar-refractivity contribution in [3.05, 3.63) is 12.7 Å². The van der Waals surface area contributed by atoms with E-state index in [1.54, 1.807) is 12.7 Å². The summed E-state index contributed by atoms with van der Waals surface area (Å²) in [6, 6.07) is 0.488. The highest BCUT2D eigenvalue weighted by atomic mass is 15.3. The molecule has 2 N–H and O–H groups in total.